The number of hydrogen-bond acceptors (Lipinski definition) is 7. The van der Waals surface area contributed by atoms with Crippen LogP contribution >= 0.6 is 0 Å². The number of hydrogen-bond donors (Lipinski definition) is 2. The fourth-order valence-corrected chi connectivity index (χ4v) is 4.38. The summed E-state index contributed by atoms with van der Waals surface area (Å²) in [5.41, 5.74) is 2.63. The third-order valence-corrected chi connectivity index (χ3v) is 6.61. The van der Waals surface area contributed by atoms with Crippen molar-refractivity contribution in [3.8, 4) is 0 Å². The van der Waals surface area contributed by atoms with Crippen LogP contribution in [0.15, 0.2) is 30.1 Å². The summed E-state index contributed by atoms with van der Waals surface area (Å²) in [6.07, 6.45) is 8.01. The lowest BCUT2D eigenvalue weighted by Crippen LogP contribution is -2.55. The SMILES string of the molecule is CC(=O)c1cc(N/C=C2/CN(CC(=O)N3CCN(C4CCC4)CC3)CCC2=N)ccn1. The molecule has 8 heteroatoms. The van der Waals surface area contributed by atoms with E-state index < -0.39 is 0 Å². The molecule has 1 amide bonds. The second-order valence-electron chi connectivity index (χ2n) is 8.74. The first kappa shape index (κ1) is 21.6. The standard InChI is InChI=1S/C23H32N6O2/c1-17(30)22-13-19(5-7-25-22)26-14-18-15-27(8-6-21(18)24)16-23(31)29-11-9-28(10-12-29)20-3-2-4-20/h5,7,13-14,20,24H,2-4,6,8-12,15-16H2,1H3,(H,25,26)/b18-14-,24-21?. The van der Waals surface area contributed by atoms with E-state index in [0.29, 0.717) is 30.9 Å². The van der Waals surface area contributed by atoms with Gasteiger partial charge in [0.25, 0.3) is 0 Å². The fraction of sp³-hybridized carbons (Fsp3) is 0.565. The third kappa shape index (κ3) is 5.37. The van der Waals surface area contributed by atoms with Gasteiger partial charge in [-0.05, 0) is 25.0 Å². The summed E-state index contributed by atoms with van der Waals surface area (Å²) in [7, 11) is 0. The van der Waals surface area contributed by atoms with E-state index in [0.717, 1.165) is 50.0 Å². The number of likely N-dealkylation sites (tertiary alicyclic amines) is 1. The van der Waals surface area contributed by atoms with Crippen LogP contribution in [0.5, 0.6) is 0 Å². The number of nitrogens with zero attached hydrogens (tertiary/aromatic N) is 4. The van der Waals surface area contributed by atoms with Crippen molar-refractivity contribution in [1.82, 2.24) is 19.7 Å². The monoisotopic (exact) mass is 424 g/mol. The number of ketones is 1. The minimum Gasteiger partial charge on any atom is -0.361 e. The quantitative estimate of drug-likeness (QED) is 0.679. The Bertz CT molecular complexity index is 871. The van der Waals surface area contributed by atoms with E-state index in [9.17, 15) is 9.59 Å². The lowest BCUT2D eigenvalue weighted by atomic mass is 9.91. The van der Waals surface area contributed by atoms with Crippen molar-refractivity contribution in [3.63, 3.8) is 0 Å². The van der Waals surface area contributed by atoms with Crippen molar-refractivity contribution in [2.45, 2.75) is 38.6 Å². The van der Waals surface area contributed by atoms with E-state index in [-0.39, 0.29) is 11.7 Å². The Balaban J connectivity index is 1.29. The van der Waals surface area contributed by atoms with Crippen LogP contribution in [0.1, 0.15) is 43.1 Å². The highest BCUT2D eigenvalue weighted by atomic mass is 16.2. The normalized spacial score (nSPS) is 22.4. The second kappa shape index (κ2) is 9.70. The molecule has 0 aromatic carbocycles. The Kier molecular flexibility index (Phi) is 6.77. The maximum absolute atomic E-state index is 12.8. The number of Topliss-reactive ketones (excluding diaryl/α,β-unsaturated/α-hetero) is 1. The van der Waals surface area contributed by atoms with Gasteiger partial charge in [0.2, 0.25) is 5.91 Å². The smallest absolute Gasteiger partial charge is 0.236 e. The molecule has 0 bridgehead atoms. The number of piperazine rings is 1. The summed E-state index contributed by atoms with van der Waals surface area (Å²) in [6.45, 7) is 6.82. The number of aromatic nitrogens is 1. The zero-order valence-electron chi connectivity index (χ0n) is 18.3. The largest absolute Gasteiger partial charge is 0.361 e. The molecule has 2 aliphatic heterocycles. The first-order chi connectivity index (χ1) is 15.0. The van der Waals surface area contributed by atoms with Crippen molar-refractivity contribution in [2.24, 2.45) is 0 Å². The number of rotatable bonds is 6. The predicted octanol–water partition coefficient (Wildman–Crippen LogP) is 2.00. The summed E-state index contributed by atoms with van der Waals surface area (Å²) in [5, 5.41) is 11.5. The van der Waals surface area contributed by atoms with Crippen molar-refractivity contribution in [1.29, 1.82) is 5.41 Å². The molecule has 0 radical (unpaired) electrons. The number of amides is 1. The number of carbonyl (C=O) groups is 2. The van der Waals surface area contributed by atoms with Crippen molar-refractivity contribution < 1.29 is 9.59 Å². The molecule has 2 saturated heterocycles. The zero-order valence-corrected chi connectivity index (χ0v) is 18.3. The van der Waals surface area contributed by atoms with Gasteiger partial charge in [0.1, 0.15) is 5.69 Å². The first-order valence-corrected chi connectivity index (χ1v) is 11.2. The molecule has 3 heterocycles. The van der Waals surface area contributed by atoms with Gasteiger partial charge in [0.05, 0.1) is 6.54 Å². The predicted molar refractivity (Wildman–Crippen MR) is 121 cm³/mol. The molecule has 1 saturated carbocycles. The summed E-state index contributed by atoms with van der Waals surface area (Å²) < 4.78 is 0. The van der Waals surface area contributed by atoms with Gasteiger partial charge in [-0.1, -0.05) is 6.42 Å². The van der Waals surface area contributed by atoms with Crippen LogP contribution in [0.4, 0.5) is 5.69 Å². The summed E-state index contributed by atoms with van der Waals surface area (Å²) in [5.74, 6) is 0.106. The number of anilines is 1. The van der Waals surface area contributed by atoms with Crippen molar-refractivity contribution >= 4 is 23.1 Å². The minimum absolute atomic E-state index is 0.0834. The van der Waals surface area contributed by atoms with Crippen LogP contribution in [0, 0.1) is 5.41 Å². The van der Waals surface area contributed by atoms with Crippen molar-refractivity contribution in [3.05, 3.63) is 35.8 Å². The summed E-state index contributed by atoms with van der Waals surface area (Å²) in [6, 6.07) is 4.24. The van der Waals surface area contributed by atoms with Crippen LogP contribution in [0.3, 0.4) is 0 Å². The van der Waals surface area contributed by atoms with Crippen LogP contribution in [0.25, 0.3) is 0 Å². The minimum atomic E-state index is -0.0834. The molecular weight excluding hydrogens is 392 g/mol. The van der Waals surface area contributed by atoms with Gasteiger partial charge in [-0.15, -0.1) is 0 Å². The van der Waals surface area contributed by atoms with Crippen LogP contribution in [0.2, 0.25) is 0 Å². The second-order valence-corrected chi connectivity index (χ2v) is 8.74. The average Bonchev–Trinajstić information content (AvgIpc) is 2.73. The molecule has 4 rings (SSSR count). The number of pyridine rings is 1. The molecular formula is C23H32N6O2. The number of carbonyl (C=O) groups excluding carboxylic acids is 2. The molecule has 0 spiro atoms. The van der Waals surface area contributed by atoms with Gasteiger partial charge in [-0.25, -0.2) is 0 Å². The topological polar surface area (TPSA) is 92.6 Å². The molecule has 166 valence electrons. The third-order valence-electron chi connectivity index (χ3n) is 6.61. The van der Waals surface area contributed by atoms with Crippen LogP contribution in [-0.4, -0.2) is 88.9 Å². The van der Waals surface area contributed by atoms with Gasteiger partial charge in [-0.3, -0.25) is 24.4 Å². The Morgan fingerprint density at radius 2 is 2.00 bits per heavy atom. The Hall–Kier alpha value is -2.58. The van der Waals surface area contributed by atoms with E-state index in [4.69, 9.17) is 5.41 Å². The van der Waals surface area contributed by atoms with E-state index in [1.807, 2.05) is 11.1 Å². The molecule has 1 aromatic rings. The van der Waals surface area contributed by atoms with E-state index in [2.05, 4.69) is 20.1 Å². The fourth-order valence-electron chi connectivity index (χ4n) is 4.38. The van der Waals surface area contributed by atoms with Gasteiger partial charge >= 0.3 is 0 Å². The Morgan fingerprint density at radius 1 is 1.23 bits per heavy atom. The van der Waals surface area contributed by atoms with E-state index >= 15 is 0 Å². The lowest BCUT2D eigenvalue weighted by Gasteiger charge is -2.43. The molecule has 0 atom stereocenters. The average molecular weight is 425 g/mol. The van der Waals surface area contributed by atoms with Gasteiger partial charge < -0.3 is 15.6 Å². The number of nitrogens with one attached hydrogen (secondary N) is 2. The summed E-state index contributed by atoms with van der Waals surface area (Å²) >= 11 is 0. The molecule has 3 aliphatic rings. The summed E-state index contributed by atoms with van der Waals surface area (Å²) in [4.78, 5) is 35.1. The molecule has 2 N–H and O–H groups in total. The molecule has 31 heavy (non-hydrogen) atoms. The molecule has 0 unspecified atom stereocenters. The number of piperidine rings is 1. The van der Waals surface area contributed by atoms with Gasteiger partial charge in [-0.2, -0.15) is 0 Å². The van der Waals surface area contributed by atoms with Crippen molar-refractivity contribution in [2.75, 3.05) is 51.1 Å². The maximum Gasteiger partial charge on any atom is 0.236 e. The maximum atomic E-state index is 12.8. The molecule has 8 nitrogen and oxygen atoms in total. The van der Waals surface area contributed by atoms with E-state index in [1.54, 1.807) is 18.3 Å². The highest BCUT2D eigenvalue weighted by Crippen LogP contribution is 2.25. The van der Waals surface area contributed by atoms with Crippen LogP contribution in [-0.2, 0) is 4.79 Å². The lowest BCUT2D eigenvalue weighted by molar-refractivity contribution is -0.134. The zero-order chi connectivity index (χ0) is 21.8. The van der Waals surface area contributed by atoms with Gasteiger partial charge in [0.15, 0.2) is 5.78 Å². The highest BCUT2D eigenvalue weighted by Gasteiger charge is 2.30. The van der Waals surface area contributed by atoms with Crippen LogP contribution < -0.4 is 5.32 Å². The Labute approximate surface area is 183 Å². The molecule has 1 aromatic heterocycles. The van der Waals surface area contributed by atoms with E-state index in [1.165, 1.54) is 26.2 Å². The highest BCUT2D eigenvalue weighted by molar-refractivity contribution is 5.99. The van der Waals surface area contributed by atoms with Gasteiger partial charge in [0, 0.05) is 88.0 Å². The molecule has 3 fully saturated rings. The molecule has 1 aliphatic carbocycles. The Morgan fingerprint density at radius 3 is 2.68 bits per heavy atom. The first-order valence-electron chi connectivity index (χ1n) is 11.2.